The molecule has 3 N–H and O–H groups in total. The average molecular weight is 297 g/mol. The number of hydrogen-bond acceptors (Lipinski definition) is 3. The molecule has 112 valence electrons. The van der Waals surface area contributed by atoms with Crippen molar-refractivity contribution in [2.45, 2.75) is 12.3 Å². The molecule has 1 atom stereocenters. The molecular weight excluding hydrogens is 283 g/mol. The van der Waals surface area contributed by atoms with Gasteiger partial charge < -0.3 is 15.6 Å². The number of rotatable bonds is 3. The lowest BCUT2D eigenvalue weighted by Crippen LogP contribution is -2.13. The Morgan fingerprint density at radius 3 is 2.29 bits per heavy atom. The third-order valence-corrected chi connectivity index (χ3v) is 3.18. The summed E-state index contributed by atoms with van der Waals surface area (Å²) >= 11 is 0. The number of ether oxygens (including phenoxy) is 1. The fourth-order valence-electron chi connectivity index (χ4n) is 2.14. The number of hydrogen-bond donors (Lipinski definition) is 2. The van der Waals surface area contributed by atoms with Crippen LogP contribution < -0.4 is 10.5 Å². The van der Waals surface area contributed by atoms with E-state index in [1.54, 1.807) is 12.1 Å². The summed E-state index contributed by atoms with van der Waals surface area (Å²) in [6.07, 6.45) is -6.04. The standard InChI is InChI=1S/C15H14F3NO2/c1-21-12-8-4-6-10(13(12)19)14(20)9-5-2-3-7-11(9)15(16,17)18/h2-8,14,20H,19H2,1H3. The Bertz CT molecular complexity index is 641. The number of nitrogens with two attached hydrogens (primary N) is 1. The average Bonchev–Trinajstić information content (AvgIpc) is 2.46. The maximum atomic E-state index is 13.0. The lowest BCUT2D eigenvalue weighted by atomic mass is 9.95. The van der Waals surface area contributed by atoms with Crippen LogP contribution in [0.1, 0.15) is 22.8 Å². The Kier molecular flexibility index (Phi) is 4.09. The molecular formula is C15H14F3NO2. The van der Waals surface area contributed by atoms with Crippen LogP contribution in [0.5, 0.6) is 5.75 Å². The summed E-state index contributed by atoms with van der Waals surface area (Å²) in [5, 5.41) is 10.3. The highest BCUT2D eigenvalue weighted by atomic mass is 19.4. The quantitative estimate of drug-likeness (QED) is 0.854. The minimum Gasteiger partial charge on any atom is -0.495 e. The monoisotopic (exact) mass is 297 g/mol. The van der Waals surface area contributed by atoms with E-state index >= 15 is 0 Å². The van der Waals surface area contributed by atoms with Crippen molar-refractivity contribution in [1.29, 1.82) is 0 Å². The Labute approximate surface area is 119 Å². The van der Waals surface area contributed by atoms with Gasteiger partial charge in [-0.15, -0.1) is 0 Å². The number of para-hydroxylation sites is 1. The van der Waals surface area contributed by atoms with Crippen molar-refractivity contribution in [3.63, 3.8) is 0 Å². The zero-order chi connectivity index (χ0) is 15.6. The first-order valence-corrected chi connectivity index (χ1v) is 6.12. The normalized spacial score (nSPS) is 13.0. The van der Waals surface area contributed by atoms with Crippen LogP contribution in [0.2, 0.25) is 0 Å². The zero-order valence-corrected chi connectivity index (χ0v) is 11.2. The molecule has 6 heteroatoms. The first-order valence-electron chi connectivity index (χ1n) is 6.12. The van der Waals surface area contributed by atoms with Crippen LogP contribution in [0.25, 0.3) is 0 Å². The van der Waals surface area contributed by atoms with Gasteiger partial charge in [-0.1, -0.05) is 30.3 Å². The van der Waals surface area contributed by atoms with E-state index in [1.807, 2.05) is 0 Å². The zero-order valence-electron chi connectivity index (χ0n) is 11.2. The second-order valence-corrected chi connectivity index (χ2v) is 4.45. The Morgan fingerprint density at radius 2 is 1.67 bits per heavy atom. The number of aliphatic hydroxyl groups excluding tert-OH is 1. The number of aliphatic hydroxyl groups is 1. The summed E-state index contributed by atoms with van der Waals surface area (Å²) in [5.41, 5.74) is 4.98. The fourth-order valence-corrected chi connectivity index (χ4v) is 2.14. The van der Waals surface area contributed by atoms with Crippen molar-refractivity contribution in [1.82, 2.24) is 0 Å². The summed E-state index contributed by atoms with van der Waals surface area (Å²) in [6, 6.07) is 9.46. The van der Waals surface area contributed by atoms with Crippen molar-refractivity contribution in [3.8, 4) is 5.75 Å². The van der Waals surface area contributed by atoms with Gasteiger partial charge in [-0.25, -0.2) is 0 Å². The van der Waals surface area contributed by atoms with Crippen LogP contribution in [-0.4, -0.2) is 12.2 Å². The molecule has 0 aliphatic heterocycles. The molecule has 2 rings (SSSR count). The fraction of sp³-hybridized carbons (Fsp3) is 0.200. The van der Waals surface area contributed by atoms with Gasteiger partial charge in [0.05, 0.1) is 18.4 Å². The number of nitrogen functional groups attached to an aromatic ring is 1. The summed E-state index contributed by atoms with van der Waals surface area (Å²) in [6.45, 7) is 0. The first-order chi connectivity index (χ1) is 9.86. The Hall–Kier alpha value is -2.21. The molecule has 2 aromatic rings. The maximum absolute atomic E-state index is 13.0. The lowest BCUT2D eigenvalue weighted by molar-refractivity contribution is -0.139. The van der Waals surface area contributed by atoms with Gasteiger partial charge in [0.15, 0.2) is 0 Å². The van der Waals surface area contributed by atoms with Crippen molar-refractivity contribution in [2.75, 3.05) is 12.8 Å². The van der Waals surface area contributed by atoms with E-state index in [4.69, 9.17) is 10.5 Å². The molecule has 0 radical (unpaired) electrons. The van der Waals surface area contributed by atoms with Gasteiger partial charge in [-0.3, -0.25) is 0 Å². The van der Waals surface area contributed by atoms with Crippen LogP contribution in [0.4, 0.5) is 18.9 Å². The molecule has 0 amide bonds. The minimum atomic E-state index is -4.55. The summed E-state index contributed by atoms with van der Waals surface area (Å²) in [4.78, 5) is 0. The second-order valence-electron chi connectivity index (χ2n) is 4.45. The molecule has 3 nitrogen and oxygen atoms in total. The Morgan fingerprint density at radius 1 is 1.05 bits per heavy atom. The molecule has 1 unspecified atom stereocenters. The van der Waals surface area contributed by atoms with Gasteiger partial charge in [0.1, 0.15) is 11.9 Å². The lowest BCUT2D eigenvalue weighted by Gasteiger charge is -2.19. The molecule has 0 bridgehead atoms. The maximum Gasteiger partial charge on any atom is 0.416 e. The molecule has 0 aromatic heterocycles. The number of halogens is 3. The molecule has 0 aliphatic rings. The molecule has 0 heterocycles. The van der Waals surface area contributed by atoms with E-state index in [2.05, 4.69) is 0 Å². The van der Waals surface area contributed by atoms with Gasteiger partial charge in [0.25, 0.3) is 0 Å². The van der Waals surface area contributed by atoms with Crippen LogP contribution in [0.3, 0.4) is 0 Å². The smallest absolute Gasteiger partial charge is 0.416 e. The summed E-state index contributed by atoms with van der Waals surface area (Å²) < 4.78 is 44.0. The topological polar surface area (TPSA) is 55.5 Å². The van der Waals surface area contributed by atoms with Gasteiger partial charge in [0, 0.05) is 5.56 Å². The van der Waals surface area contributed by atoms with Crippen molar-refractivity contribution < 1.29 is 23.0 Å². The van der Waals surface area contributed by atoms with Crippen molar-refractivity contribution in [3.05, 3.63) is 59.2 Å². The third-order valence-electron chi connectivity index (χ3n) is 3.18. The van der Waals surface area contributed by atoms with Crippen molar-refractivity contribution in [2.24, 2.45) is 0 Å². The molecule has 0 spiro atoms. The predicted molar refractivity (Wildman–Crippen MR) is 72.9 cm³/mol. The summed E-state index contributed by atoms with van der Waals surface area (Å²) in [7, 11) is 1.39. The van der Waals surface area contributed by atoms with E-state index in [0.717, 1.165) is 6.07 Å². The van der Waals surface area contributed by atoms with Gasteiger partial charge in [-0.2, -0.15) is 13.2 Å². The Balaban J connectivity index is 2.54. The van der Waals surface area contributed by atoms with E-state index in [9.17, 15) is 18.3 Å². The van der Waals surface area contributed by atoms with E-state index in [-0.39, 0.29) is 16.8 Å². The summed E-state index contributed by atoms with van der Waals surface area (Å²) in [5.74, 6) is 0.302. The molecule has 0 fully saturated rings. The largest absolute Gasteiger partial charge is 0.495 e. The predicted octanol–water partition coefficient (Wildman–Crippen LogP) is 3.38. The number of anilines is 1. The molecule has 0 saturated heterocycles. The molecule has 2 aromatic carbocycles. The third kappa shape index (κ3) is 2.95. The van der Waals surface area contributed by atoms with Crippen LogP contribution in [-0.2, 0) is 6.18 Å². The second kappa shape index (κ2) is 5.65. The molecule has 0 aliphatic carbocycles. The minimum absolute atomic E-state index is 0.115. The highest BCUT2D eigenvalue weighted by molar-refractivity contribution is 5.61. The van der Waals surface area contributed by atoms with Gasteiger partial charge in [-0.05, 0) is 17.7 Å². The van der Waals surface area contributed by atoms with E-state index in [1.165, 1.54) is 31.4 Å². The SMILES string of the molecule is COc1cccc(C(O)c2ccccc2C(F)(F)F)c1N. The van der Waals surface area contributed by atoms with Crippen molar-refractivity contribution >= 4 is 5.69 Å². The van der Waals surface area contributed by atoms with Gasteiger partial charge in [0.2, 0.25) is 0 Å². The number of alkyl halides is 3. The number of benzene rings is 2. The van der Waals surface area contributed by atoms with Crippen LogP contribution >= 0.6 is 0 Å². The first kappa shape index (κ1) is 15.2. The highest BCUT2D eigenvalue weighted by Crippen LogP contribution is 2.39. The van der Waals surface area contributed by atoms with E-state index < -0.39 is 17.8 Å². The molecule has 21 heavy (non-hydrogen) atoms. The van der Waals surface area contributed by atoms with Gasteiger partial charge >= 0.3 is 6.18 Å². The highest BCUT2D eigenvalue weighted by Gasteiger charge is 2.35. The van der Waals surface area contributed by atoms with Crippen LogP contribution in [0, 0.1) is 0 Å². The van der Waals surface area contributed by atoms with Crippen LogP contribution in [0.15, 0.2) is 42.5 Å². The number of methoxy groups -OCH3 is 1. The van der Waals surface area contributed by atoms with E-state index in [0.29, 0.717) is 5.75 Å². The molecule has 0 saturated carbocycles.